The summed E-state index contributed by atoms with van der Waals surface area (Å²) in [4.78, 5) is 14.9. The predicted octanol–water partition coefficient (Wildman–Crippen LogP) is 4.53. The monoisotopic (exact) mass is 441 g/mol. The number of rotatable bonds is 11. The maximum absolute atomic E-state index is 12.3. The van der Waals surface area contributed by atoms with E-state index in [0.717, 1.165) is 50.9 Å². The van der Waals surface area contributed by atoms with Crippen molar-refractivity contribution in [2.75, 3.05) is 41.0 Å². The van der Waals surface area contributed by atoms with Gasteiger partial charge in [0.05, 0.1) is 33.5 Å². The number of nitrogens with zero attached hydrogens (tertiary/aromatic N) is 1. The van der Waals surface area contributed by atoms with Crippen molar-refractivity contribution in [1.82, 2.24) is 4.90 Å². The average molecular weight is 442 g/mol. The summed E-state index contributed by atoms with van der Waals surface area (Å²) >= 11 is 0. The Bertz CT molecular complexity index is 898. The molecule has 0 radical (unpaired) electrons. The third-order valence-corrected chi connectivity index (χ3v) is 6.25. The van der Waals surface area contributed by atoms with Gasteiger partial charge in [0.2, 0.25) is 0 Å². The predicted molar refractivity (Wildman–Crippen MR) is 125 cm³/mol. The van der Waals surface area contributed by atoms with Crippen molar-refractivity contribution in [1.29, 1.82) is 0 Å². The van der Waals surface area contributed by atoms with E-state index in [-0.39, 0.29) is 5.97 Å². The van der Waals surface area contributed by atoms with Crippen LogP contribution in [0.15, 0.2) is 36.4 Å². The van der Waals surface area contributed by atoms with Gasteiger partial charge in [-0.05, 0) is 80.6 Å². The van der Waals surface area contributed by atoms with Gasteiger partial charge in [0.1, 0.15) is 5.75 Å². The molecule has 0 saturated heterocycles. The summed E-state index contributed by atoms with van der Waals surface area (Å²) in [6, 6.07) is 12.0. The van der Waals surface area contributed by atoms with Gasteiger partial charge in [0.15, 0.2) is 11.5 Å². The molecule has 0 spiro atoms. The van der Waals surface area contributed by atoms with E-state index < -0.39 is 0 Å². The molecule has 0 aromatic heterocycles. The standard InChI is InChI=1S/C26H35NO5/c1-5-27(21-12-13-22-19(17-21)9-8-10-23(22)29-2)15-6-7-16-32-26(28)20-11-14-24(30-3)25(18-20)31-4/h8-11,14,18,21H,5-7,12-13,15-17H2,1-4H3. The molecular weight excluding hydrogens is 406 g/mol. The minimum Gasteiger partial charge on any atom is -0.496 e. The first kappa shape index (κ1) is 23.9. The molecule has 174 valence electrons. The van der Waals surface area contributed by atoms with E-state index in [1.165, 1.54) is 11.1 Å². The molecule has 1 unspecified atom stereocenters. The summed E-state index contributed by atoms with van der Waals surface area (Å²) in [6.45, 7) is 4.66. The van der Waals surface area contributed by atoms with Crippen LogP contribution in [0.4, 0.5) is 0 Å². The van der Waals surface area contributed by atoms with Crippen molar-refractivity contribution >= 4 is 5.97 Å². The lowest BCUT2D eigenvalue weighted by Crippen LogP contribution is -2.40. The Kier molecular flexibility index (Phi) is 8.80. The number of carbonyl (C=O) groups excluding carboxylic acids is 1. The van der Waals surface area contributed by atoms with Gasteiger partial charge in [-0.3, -0.25) is 0 Å². The number of hydrogen-bond donors (Lipinski definition) is 0. The Labute approximate surface area is 191 Å². The molecule has 0 aliphatic heterocycles. The molecule has 0 N–H and O–H groups in total. The van der Waals surface area contributed by atoms with Gasteiger partial charge in [-0.1, -0.05) is 19.1 Å². The van der Waals surface area contributed by atoms with Gasteiger partial charge < -0.3 is 23.8 Å². The Morgan fingerprint density at radius 3 is 2.50 bits per heavy atom. The molecule has 6 nitrogen and oxygen atoms in total. The number of methoxy groups -OCH3 is 3. The lowest BCUT2D eigenvalue weighted by Gasteiger charge is -2.35. The average Bonchev–Trinajstić information content (AvgIpc) is 2.84. The molecule has 32 heavy (non-hydrogen) atoms. The SMILES string of the molecule is CCN(CCCCOC(=O)c1ccc(OC)c(OC)c1)C1CCc2c(cccc2OC)C1. The minimum atomic E-state index is -0.337. The summed E-state index contributed by atoms with van der Waals surface area (Å²) in [7, 11) is 4.87. The van der Waals surface area contributed by atoms with E-state index in [2.05, 4.69) is 30.0 Å². The molecule has 6 heteroatoms. The van der Waals surface area contributed by atoms with E-state index in [4.69, 9.17) is 18.9 Å². The first-order valence-electron chi connectivity index (χ1n) is 11.4. The number of hydrogen-bond acceptors (Lipinski definition) is 6. The largest absolute Gasteiger partial charge is 0.496 e. The molecule has 0 saturated carbocycles. The molecule has 2 aromatic carbocycles. The van der Waals surface area contributed by atoms with E-state index in [1.54, 1.807) is 39.5 Å². The number of fused-ring (bicyclic) bond motifs is 1. The van der Waals surface area contributed by atoms with Gasteiger partial charge in [-0.2, -0.15) is 0 Å². The van der Waals surface area contributed by atoms with Crippen LogP contribution in [-0.2, 0) is 17.6 Å². The van der Waals surface area contributed by atoms with Gasteiger partial charge in [-0.25, -0.2) is 4.79 Å². The van der Waals surface area contributed by atoms with Crippen LogP contribution in [0.3, 0.4) is 0 Å². The highest BCUT2D eigenvalue weighted by molar-refractivity contribution is 5.90. The highest BCUT2D eigenvalue weighted by Gasteiger charge is 2.25. The maximum atomic E-state index is 12.3. The number of carbonyl (C=O) groups is 1. The van der Waals surface area contributed by atoms with Crippen LogP contribution in [0.1, 0.15) is 47.7 Å². The van der Waals surface area contributed by atoms with Crippen LogP contribution in [0.5, 0.6) is 17.2 Å². The zero-order valence-corrected chi connectivity index (χ0v) is 19.7. The third kappa shape index (κ3) is 5.74. The van der Waals surface area contributed by atoms with Crippen molar-refractivity contribution < 1.29 is 23.7 Å². The highest BCUT2D eigenvalue weighted by Crippen LogP contribution is 2.31. The molecule has 2 aromatic rings. The van der Waals surface area contributed by atoms with Crippen LogP contribution in [-0.4, -0.2) is 57.9 Å². The van der Waals surface area contributed by atoms with E-state index in [1.807, 2.05) is 0 Å². The Hall–Kier alpha value is -2.73. The van der Waals surface area contributed by atoms with Crippen molar-refractivity contribution in [3.8, 4) is 17.2 Å². The first-order valence-corrected chi connectivity index (χ1v) is 11.4. The quantitative estimate of drug-likeness (QED) is 0.377. The zero-order chi connectivity index (χ0) is 22.9. The Morgan fingerprint density at radius 2 is 1.78 bits per heavy atom. The topological polar surface area (TPSA) is 57.2 Å². The van der Waals surface area contributed by atoms with Gasteiger partial charge >= 0.3 is 5.97 Å². The van der Waals surface area contributed by atoms with Crippen LogP contribution >= 0.6 is 0 Å². The van der Waals surface area contributed by atoms with Crippen LogP contribution in [0.2, 0.25) is 0 Å². The van der Waals surface area contributed by atoms with Crippen LogP contribution in [0.25, 0.3) is 0 Å². The van der Waals surface area contributed by atoms with E-state index in [0.29, 0.717) is 29.7 Å². The Balaban J connectivity index is 1.44. The summed E-state index contributed by atoms with van der Waals surface area (Å²) in [5.74, 6) is 1.79. The van der Waals surface area contributed by atoms with Crippen LogP contribution < -0.4 is 14.2 Å². The van der Waals surface area contributed by atoms with E-state index >= 15 is 0 Å². The fourth-order valence-corrected chi connectivity index (χ4v) is 4.48. The van der Waals surface area contributed by atoms with Gasteiger partial charge in [-0.15, -0.1) is 0 Å². The summed E-state index contributed by atoms with van der Waals surface area (Å²) in [6.07, 6.45) is 5.11. The normalized spacial score (nSPS) is 15.2. The molecule has 0 fully saturated rings. The van der Waals surface area contributed by atoms with Gasteiger partial charge in [0.25, 0.3) is 0 Å². The zero-order valence-electron chi connectivity index (χ0n) is 19.7. The molecule has 1 atom stereocenters. The molecular formula is C26H35NO5. The van der Waals surface area contributed by atoms with Crippen molar-refractivity contribution in [3.05, 3.63) is 53.1 Å². The maximum Gasteiger partial charge on any atom is 0.338 e. The number of likely N-dealkylation sites (N-methyl/N-ethyl adjacent to an activating group) is 1. The van der Waals surface area contributed by atoms with Crippen molar-refractivity contribution in [2.24, 2.45) is 0 Å². The molecule has 1 aliphatic rings. The highest BCUT2D eigenvalue weighted by atomic mass is 16.5. The summed E-state index contributed by atoms with van der Waals surface area (Å²) in [5.41, 5.74) is 3.24. The van der Waals surface area contributed by atoms with Crippen LogP contribution in [0, 0.1) is 0 Å². The third-order valence-electron chi connectivity index (χ3n) is 6.25. The second kappa shape index (κ2) is 11.8. The minimum absolute atomic E-state index is 0.337. The number of esters is 1. The van der Waals surface area contributed by atoms with Gasteiger partial charge in [0, 0.05) is 6.04 Å². The lowest BCUT2D eigenvalue weighted by molar-refractivity contribution is 0.0492. The second-order valence-electron chi connectivity index (χ2n) is 8.04. The van der Waals surface area contributed by atoms with Crippen molar-refractivity contribution in [3.63, 3.8) is 0 Å². The fourth-order valence-electron chi connectivity index (χ4n) is 4.48. The molecule has 0 heterocycles. The lowest BCUT2D eigenvalue weighted by atomic mass is 9.86. The summed E-state index contributed by atoms with van der Waals surface area (Å²) < 4.78 is 21.5. The molecule has 1 aliphatic carbocycles. The number of ether oxygens (including phenoxy) is 4. The first-order chi connectivity index (χ1) is 15.6. The molecule has 0 amide bonds. The number of unbranched alkanes of at least 4 members (excludes halogenated alkanes) is 1. The van der Waals surface area contributed by atoms with E-state index in [9.17, 15) is 4.79 Å². The smallest absolute Gasteiger partial charge is 0.338 e. The molecule has 0 bridgehead atoms. The number of benzene rings is 2. The molecule has 3 rings (SSSR count). The Morgan fingerprint density at radius 1 is 1.00 bits per heavy atom. The second-order valence-corrected chi connectivity index (χ2v) is 8.04. The van der Waals surface area contributed by atoms with Crippen molar-refractivity contribution in [2.45, 2.75) is 45.1 Å². The summed E-state index contributed by atoms with van der Waals surface area (Å²) in [5, 5.41) is 0. The fraction of sp³-hybridized carbons (Fsp3) is 0.500.